The van der Waals surface area contributed by atoms with Crippen molar-refractivity contribution in [1.82, 2.24) is 15.0 Å². The first-order valence-corrected chi connectivity index (χ1v) is 6.27. The lowest BCUT2D eigenvalue weighted by Gasteiger charge is -2.28. The largest absolute Gasteiger partial charge is 0.367 e. The highest BCUT2D eigenvalue weighted by Crippen LogP contribution is 2.30. The van der Waals surface area contributed by atoms with Crippen molar-refractivity contribution in [1.29, 1.82) is 0 Å². The third kappa shape index (κ3) is 2.88. The van der Waals surface area contributed by atoms with Gasteiger partial charge in [-0.05, 0) is 12.5 Å². The molecule has 2 rings (SSSR count). The van der Waals surface area contributed by atoms with E-state index in [-0.39, 0.29) is 17.6 Å². The van der Waals surface area contributed by atoms with E-state index in [1.807, 2.05) is 20.8 Å². The van der Waals surface area contributed by atoms with Crippen LogP contribution in [0, 0.1) is 5.41 Å². The molecule has 1 fully saturated rings. The average Bonchev–Trinajstić information content (AvgIpc) is 2.75. The van der Waals surface area contributed by atoms with Gasteiger partial charge in [0.15, 0.2) is 0 Å². The maximum Gasteiger partial charge on any atom is 0.244 e. The predicted molar refractivity (Wildman–Crippen MR) is 66.9 cm³/mol. The van der Waals surface area contributed by atoms with Gasteiger partial charge in [0.05, 0.1) is 12.6 Å². The van der Waals surface area contributed by atoms with Crippen LogP contribution in [-0.2, 0) is 4.74 Å². The van der Waals surface area contributed by atoms with Gasteiger partial charge in [-0.1, -0.05) is 25.9 Å². The molecule has 1 aromatic heterocycles. The smallest absolute Gasteiger partial charge is 0.244 e. The molecule has 102 valence electrons. The van der Waals surface area contributed by atoms with E-state index in [1.165, 1.54) is 0 Å². The first-order chi connectivity index (χ1) is 8.38. The summed E-state index contributed by atoms with van der Waals surface area (Å²) >= 11 is 0. The van der Waals surface area contributed by atoms with E-state index in [1.54, 1.807) is 0 Å². The number of ether oxygens (including phenoxy) is 1. The molecule has 1 saturated heterocycles. The Labute approximate surface area is 107 Å². The predicted octanol–water partition coefficient (Wildman–Crippen LogP) is 1.12. The zero-order chi connectivity index (χ0) is 13.3. The second kappa shape index (κ2) is 4.95. The lowest BCUT2D eigenvalue weighted by molar-refractivity contribution is -0.0264. The van der Waals surface area contributed by atoms with Crippen molar-refractivity contribution in [2.45, 2.75) is 32.9 Å². The summed E-state index contributed by atoms with van der Waals surface area (Å²) in [4.78, 5) is 6.57. The first kappa shape index (κ1) is 13.5. The monoisotopic (exact) mass is 254 g/mol. The summed E-state index contributed by atoms with van der Waals surface area (Å²) < 4.78 is 10.9. The second-order valence-corrected chi connectivity index (χ2v) is 5.96. The van der Waals surface area contributed by atoms with E-state index in [9.17, 15) is 0 Å². The Morgan fingerprint density at radius 3 is 2.78 bits per heavy atom. The molecule has 0 aliphatic carbocycles. The van der Waals surface area contributed by atoms with Gasteiger partial charge in [0.25, 0.3) is 0 Å². The molecule has 1 aromatic rings. The minimum atomic E-state index is -0.264. The van der Waals surface area contributed by atoms with Crippen molar-refractivity contribution >= 4 is 0 Å². The Morgan fingerprint density at radius 1 is 1.44 bits per heavy atom. The van der Waals surface area contributed by atoms with Crippen molar-refractivity contribution in [2.24, 2.45) is 11.1 Å². The molecule has 0 aromatic carbocycles. The lowest BCUT2D eigenvalue weighted by Crippen LogP contribution is -2.35. The van der Waals surface area contributed by atoms with Crippen LogP contribution in [0.15, 0.2) is 4.52 Å². The fourth-order valence-corrected chi connectivity index (χ4v) is 1.81. The number of aromatic nitrogens is 2. The molecule has 0 bridgehead atoms. The Kier molecular flexibility index (Phi) is 3.70. The van der Waals surface area contributed by atoms with Crippen molar-refractivity contribution in [3.8, 4) is 0 Å². The van der Waals surface area contributed by atoms with Crippen molar-refractivity contribution in [3.05, 3.63) is 11.7 Å². The van der Waals surface area contributed by atoms with Gasteiger partial charge in [0, 0.05) is 13.1 Å². The van der Waals surface area contributed by atoms with Crippen LogP contribution in [0.2, 0.25) is 0 Å². The van der Waals surface area contributed by atoms with Crippen LogP contribution in [0.3, 0.4) is 0 Å². The molecule has 2 unspecified atom stereocenters. The van der Waals surface area contributed by atoms with Crippen molar-refractivity contribution < 1.29 is 9.26 Å². The Hall–Kier alpha value is -0.980. The summed E-state index contributed by atoms with van der Waals surface area (Å²) in [7, 11) is 2.05. The Morgan fingerprint density at radius 2 is 2.17 bits per heavy atom. The maximum absolute atomic E-state index is 6.09. The van der Waals surface area contributed by atoms with Gasteiger partial charge < -0.3 is 19.9 Å². The van der Waals surface area contributed by atoms with Crippen LogP contribution in [0.25, 0.3) is 0 Å². The molecule has 0 radical (unpaired) electrons. The van der Waals surface area contributed by atoms with E-state index in [4.69, 9.17) is 15.0 Å². The fraction of sp³-hybridized carbons (Fsp3) is 0.833. The summed E-state index contributed by atoms with van der Waals surface area (Å²) in [6.07, 6.45) is -0.117. The molecule has 1 aliphatic rings. The minimum Gasteiger partial charge on any atom is -0.367 e. The molecule has 6 nitrogen and oxygen atoms in total. The van der Waals surface area contributed by atoms with Crippen LogP contribution in [-0.4, -0.2) is 41.8 Å². The summed E-state index contributed by atoms with van der Waals surface area (Å²) in [5.41, 5.74) is 5.99. The van der Waals surface area contributed by atoms with E-state index in [2.05, 4.69) is 22.1 Å². The van der Waals surface area contributed by atoms with E-state index in [0.717, 1.165) is 13.1 Å². The number of morpholine rings is 1. The number of hydrogen-bond acceptors (Lipinski definition) is 6. The van der Waals surface area contributed by atoms with Gasteiger partial charge in [0.1, 0.15) is 6.10 Å². The third-order valence-electron chi connectivity index (χ3n) is 3.21. The molecule has 2 heterocycles. The molecule has 2 atom stereocenters. The SMILES string of the molecule is CN1CCOC(c2noc(C(N)C(C)(C)C)n2)C1. The maximum atomic E-state index is 6.09. The lowest BCUT2D eigenvalue weighted by atomic mass is 9.87. The van der Waals surface area contributed by atoms with E-state index < -0.39 is 0 Å². The van der Waals surface area contributed by atoms with E-state index >= 15 is 0 Å². The standard InChI is InChI=1S/C12H22N4O2/c1-12(2,3)9(13)11-14-10(15-18-11)8-7-16(4)5-6-17-8/h8-9H,5-7,13H2,1-4H3. The number of nitrogens with two attached hydrogens (primary N) is 1. The highest BCUT2D eigenvalue weighted by atomic mass is 16.5. The minimum absolute atomic E-state index is 0.103. The van der Waals surface area contributed by atoms with Crippen molar-refractivity contribution in [3.63, 3.8) is 0 Å². The van der Waals surface area contributed by atoms with Crippen molar-refractivity contribution in [2.75, 3.05) is 26.7 Å². The zero-order valence-electron chi connectivity index (χ0n) is 11.5. The number of hydrogen-bond donors (Lipinski definition) is 1. The fourth-order valence-electron chi connectivity index (χ4n) is 1.81. The van der Waals surface area contributed by atoms with Gasteiger partial charge in [-0.3, -0.25) is 0 Å². The summed E-state index contributed by atoms with van der Waals surface area (Å²) in [6.45, 7) is 8.55. The molecule has 0 saturated carbocycles. The molecule has 0 amide bonds. The first-order valence-electron chi connectivity index (χ1n) is 6.27. The van der Waals surface area contributed by atoms with Gasteiger partial charge in [-0.25, -0.2) is 0 Å². The molecular weight excluding hydrogens is 232 g/mol. The molecule has 6 heteroatoms. The molecule has 2 N–H and O–H groups in total. The average molecular weight is 254 g/mol. The van der Waals surface area contributed by atoms with Crippen LogP contribution in [0.5, 0.6) is 0 Å². The second-order valence-electron chi connectivity index (χ2n) is 5.96. The molecule has 18 heavy (non-hydrogen) atoms. The quantitative estimate of drug-likeness (QED) is 0.852. The Balaban J connectivity index is 2.10. The van der Waals surface area contributed by atoms with Crippen LogP contribution in [0.1, 0.15) is 44.6 Å². The summed E-state index contributed by atoms with van der Waals surface area (Å²) in [5.74, 6) is 1.07. The van der Waals surface area contributed by atoms with E-state index in [0.29, 0.717) is 18.3 Å². The Bertz CT molecular complexity index is 399. The van der Waals surface area contributed by atoms with Crippen LogP contribution >= 0.6 is 0 Å². The normalized spacial score (nSPS) is 24.2. The highest BCUT2D eigenvalue weighted by molar-refractivity contribution is 4.99. The summed E-state index contributed by atoms with van der Waals surface area (Å²) in [5, 5.41) is 3.99. The van der Waals surface area contributed by atoms with Gasteiger partial charge in [-0.15, -0.1) is 0 Å². The number of nitrogens with zero attached hydrogens (tertiary/aromatic N) is 3. The van der Waals surface area contributed by atoms with Crippen LogP contribution in [0.4, 0.5) is 0 Å². The van der Waals surface area contributed by atoms with Gasteiger partial charge >= 0.3 is 0 Å². The van der Waals surface area contributed by atoms with Gasteiger partial charge in [0.2, 0.25) is 11.7 Å². The molecule has 1 aliphatic heterocycles. The highest BCUT2D eigenvalue weighted by Gasteiger charge is 2.30. The topological polar surface area (TPSA) is 77.4 Å². The molecule has 0 spiro atoms. The summed E-state index contributed by atoms with van der Waals surface area (Å²) in [6, 6.07) is -0.264. The number of rotatable bonds is 2. The number of likely N-dealkylation sites (N-methyl/N-ethyl adjacent to an activating group) is 1. The van der Waals surface area contributed by atoms with Gasteiger partial charge in [-0.2, -0.15) is 4.98 Å². The van der Waals surface area contributed by atoms with Crippen LogP contribution < -0.4 is 5.73 Å². The molecular formula is C12H22N4O2. The zero-order valence-corrected chi connectivity index (χ0v) is 11.5. The third-order valence-corrected chi connectivity index (χ3v) is 3.21.